The van der Waals surface area contributed by atoms with Crippen molar-refractivity contribution in [1.82, 2.24) is 9.78 Å². The van der Waals surface area contributed by atoms with E-state index in [2.05, 4.69) is 5.10 Å². The molecule has 0 bridgehead atoms. The van der Waals surface area contributed by atoms with Crippen LogP contribution >= 0.6 is 0 Å². The first-order valence-corrected chi connectivity index (χ1v) is 7.21. The molecule has 0 aliphatic rings. The standard InChI is InChI=1S/C16H12F3N3O3/c17-16(18,19)15(23)14-12-7-6-11(22(24)25)8-13(12)21(20-14)9-10-4-2-1-3-5-10/h1-8,15,23H,9H2. The molecule has 0 aliphatic carbocycles. The third-order valence-electron chi connectivity index (χ3n) is 3.72. The molecule has 0 amide bonds. The smallest absolute Gasteiger partial charge is 0.378 e. The highest BCUT2D eigenvalue weighted by Gasteiger charge is 2.42. The molecule has 2 aromatic carbocycles. The summed E-state index contributed by atoms with van der Waals surface area (Å²) in [4.78, 5) is 10.3. The normalized spacial score (nSPS) is 13.1. The SMILES string of the molecule is O=[N+]([O-])c1ccc2c(C(O)C(F)(F)F)nn(Cc3ccccc3)c2c1. The lowest BCUT2D eigenvalue weighted by atomic mass is 10.1. The maximum atomic E-state index is 12.9. The summed E-state index contributed by atoms with van der Waals surface area (Å²) in [6.07, 6.45) is -7.66. The van der Waals surface area contributed by atoms with Gasteiger partial charge in [-0.1, -0.05) is 30.3 Å². The van der Waals surface area contributed by atoms with E-state index in [9.17, 15) is 28.4 Å². The second kappa shape index (κ2) is 6.17. The molecule has 1 heterocycles. The Morgan fingerprint density at radius 1 is 1.20 bits per heavy atom. The van der Waals surface area contributed by atoms with E-state index in [4.69, 9.17) is 0 Å². The van der Waals surface area contributed by atoms with Crippen LogP contribution in [-0.2, 0) is 6.54 Å². The molecule has 0 fully saturated rings. The molecule has 130 valence electrons. The Kier molecular flexibility index (Phi) is 4.17. The highest BCUT2D eigenvalue weighted by atomic mass is 19.4. The summed E-state index contributed by atoms with van der Waals surface area (Å²) in [6.45, 7) is 0.114. The Morgan fingerprint density at radius 2 is 1.88 bits per heavy atom. The van der Waals surface area contributed by atoms with Gasteiger partial charge in [-0.05, 0) is 11.6 Å². The molecular weight excluding hydrogens is 339 g/mol. The predicted octanol–water partition coefficient (Wildman–Crippen LogP) is 3.59. The average molecular weight is 351 g/mol. The van der Waals surface area contributed by atoms with Gasteiger partial charge in [-0.2, -0.15) is 18.3 Å². The van der Waals surface area contributed by atoms with Crippen LogP contribution in [-0.4, -0.2) is 26.0 Å². The highest BCUT2D eigenvalue weighted by molar-refractivity contribution is 5.84. The highest BCUT2D eigenvalue weighted by Crippen LogP contribution is 2.36. The van der Waals surface area contributed by atoms with Crippen LogP contribution in [0.4, 0.5) is 18.9 Å². The topological polar surface area (TPSA) is 81.2 Å². The maximum absolute atomic E-state index is 12.9. The number of benzene rings is 2. The number of nitro groups is 1. The van der Waals surface area contributed by atoms with Gasteiger partial charge in [0.25, 0.3) is 5.69 Å². The van der Waals surface area contributed by atoms with Crippen molar-refractivity contribution in [1.29, 1.82) is 0 Å². The van der Waals surface area contributed by atoms with E-state index >= 15 is 0 Å². The van der Waals surface area contributed by atoms with Crippen molar-refractivity contribution in [2.75, 3.05) is 0 Å². The fourth-order valence-electron chi connectivity index (χ4n) is 2.54. The summed E-state index contributed by atoms with van der Waals surface area (Å²) in [5.74, 6) is 0. The number of hydrogen-bond acceptors (Lipinski definition) is 4. The van der Waals surface area contributed by atoms with Crippen molar-refractivity contribution < 1.29 is 23.2 Å². The van der Waals surface area contributed by atoms with Crippen molar-refractivity contribution in [2.24, 2.45) is 0 Å². The second-order valence-electron chi connectivity index (χ2n) is 5.43. The minimum atomic E-state index is -4.89. The lowest BCUT2D eigenvalue weighted by Gasteiger charge is -2.12. The summed E-state index contributed by atoms with van der Waals surface area (Å²) >= 11 is 0. The average Bonchev–Trinajstić information content (AvgIpc) is 2.92. The van der Waals surface area contributed by atoms with E-state index in [1.165, 1.54) is 10.7 Å². The number of aliphatic hydroxyl groups excluding tert-OH is 1. The van der Waals surface area contributed by atoms with Gasteiger partial charge in [0.1, 0.15) is 5.69 Å². The zero-order valence-corrected chi connectivity index (χ0v) is 12.6. The largest absolute Gasteiger partial charge is 0.420 e. The molecule has 3 rings (SSSR count). The van der Waals surface area contributed by atoms with Crippen LogP contribution < -0.4 is 0 Å². The summed E-state index contributed by atoms with van der Waals surface area (Å²) in [6, 6.07) is 12.2. The molecule has 6 nitrogen and oxygen atoms in total. The number of hydrogen-bond donors (Lipinski definition) is 1. The fraction of sp³-hybridized carbons (Fsp3) is 0.188. The molecule has 0 aliphatic heterocycles. The quantitative estimate of drug-likeness (QED) is 0.575. The van der Waals surface area contributed by atoms with Gasteiger partial charge in [0.2, 0.25) is 0 Å². The first-order chi connectivity index (χ1) is 11.8. The van der Waals surface area contributed by atoms with Crippen LogP contribution in [0, 0.1) is 10.1 Å². The molecular formula is C16H12F3N3O3. The molecule has 25 heavy (non-hydrogen) atoms. The maximum Gasteiger partial charge on any atom is 0.420 e. The van der Waals surface area contributed by atoms with E-state index in [0.717, 1.165) is 17.7 Å². The molecule has 1 atom stereocenters. The summed E-state index contributed by atoms with van der Waals surface area (Å²) < 4.78 is 39.9. The molecule has 1 unspecified atom stereocenters. The molecule has 0 saturated heterocycles. The minimum absolute atomic E-state index is 0.0198. The van der Waals surface area contributed by atoms with Crippen LogP contribution in [0.5, 0.6) is 0 Å². The number of nitrogens with zero attached hydrogens (tertiary/aromatic N) is 3. The van der Waals surface area contributed by atoms with Crippen LogP contribution in [0.2, 0.25) is 0 Å². The Morgan fingerprint density at radius 3 is 2.48 bits per heavy atom. The predicted molar refractivity (Wildman–Crippen MR) is 82.9 cm³/mol. The zero-order chi connectivity index (χ0) is 18.2. The van der Waals surface area contributed by atoms with Gasteiger partial charge in [-0.25, -0.2) is 0 Å². The molecule has 3 aromatic rings. The Balaban J connectivity index is 2.17. The van der Waals surface area contributed by atoms with Gasteiger partial charge < -0.3 is 5.11 Å². The number of nitro benzene ring substituents is 1. The Bertz CT molecular complexity index is 923. The zero-order valence-electron chi connectivity index (χ0n) is 12.6. The van der Waals surface area contributed by atoms with Crippen molar-refractivity contribution in [3.05, 3.63) is 69.9 Å². The number of fused-ring (bicyclic) bond motifs is 1. The molecule has 1 N–H and O–H groups in total. The van der Waals surface area contributed by atoms with Gasteiger partial charge in [0.15, 0.2) is 6.10 Å². The lowest BCUT2D eigenvalue weighted by molar-refractivity contribution is -0.384. The minimum Gasteiger partial charge on any atom is -0.378 e. The van der Waals surface area contributed by atoms with Crippen LogP contribution in [0.3, 0.4) is 0 Å². The lowest BCUT2D eigenvalue weighted by Crippen LogP contribution is -2.21. The van der Waals surface area contributed by atoms with Crippen molar-refractivity contribution >= 4 is 16.6 Å². The molecule has 1 aromatic heterocycles. The van der Waals surface area contributed by atoms with Gasteiger partial charge in [0.05, 0.1) is 17.0 Å². The number of aromatic nitrogens is 2. The van der Waals surface area contributed by atoms with Crippen molar-refractivity contribution in [3.63, 3.8) is 0 Å². The summed E-state index contributed by atoms with van der Waals surface area (Å²) in [7, 11) is 0. The van der Waals surface area contributed by atoms with E-state index in [-0.39, 0.29) is 23.1 Å². The van der Waals surface area contributed by atoms with Crippen LogP contribution in [0.25, 0.3) is 10.9 Å². The number of non-ortho nitro benzene ring substituents is 1. The van der Waals surface area contributed by atoms with Gasteiger partial charge in [0, 0.05) is 17.5 Å². The van der Waals surface area contributed by atoms with Crippen LogP contribution in [0.15, 0.2) is 48.5 Å². The fourth-order valence-corrected chi connectivity index (χ4v) is 2.54. The molecule has 9 heteroatoms. The van der Waals surface area contributed by atoms with E-state index in [1.807, 2.05) is 0 Å². The second-order valence-corrected chi connectivity index (χ2v) is 5.43. The van der Waals surface area contributed by atoms with Crippen LogP contribution in [0.1, 0.15) is 17.4 Å². The summed E-state index contributed by atoms with van der Waals surface area (Å²) in [5.41, 5.74) is 0.0610. The first kappa shape index (κ1) is 16.9. The van der Waals surface area contributed by atoms with E-state index in [0.29, 0.717) is 0 Å². The number of aliphatic hydroxyl groups is 1. The first-order valence-electron chi connectivity index (χ1n) is 7.21. The Hall–Kier alpha value is -2.94. The number of halogens is 3. The molecule has 0 radical (unpaired) electrons. The number of alkyl halides is 3. The monoisotopic (exact) mass is 351 g/mol. The van der Waals surface area contributed by atoms with E-state index in [1.54, 1.807) is 30.3 Å². The van der Waals surface area contributed by atoms with Gasteiger partial charge in [-0.15, -0.1) is 0 Å². The van der Waals surface area contributed by atoms with Crippen molar-refractivity contribution in [3.8, 4) is 0 Å². The number of rotatable bonds is 4. The summed E-state index contributed by atoms with van der Waals surface area (Å²) in [5, 5.41) is 24.4. The third kappa shape index (κ3) is 3.31. The molecule has 0 saturated carbocycles. The van der Waals surface area contributed by atoms with E-state index < -0.39 is 22.9 Å². The Labute approximate surface area is 139 Å². The van der Waals surface area contributed by atoms with Crippen molar-refractivity contribution in [2.45, 2.75) is 18.8 Å². The molecule has 0 spiro atoms. The van der Waals surface area contributed by atoms with Gasteiger partial charge >= 0.3 is 6.18 Å². The third-order valence-corrected chi connectivity index (χ3v) is 3.72. The van der Waals surface area contributed by atoms with Gasteiger partial charge in [-0.3, -0.25) is 14.8 Å².